The van der Waals surface area contributed by atoms with E-state index < -0.39 is 0 Å². The summed E-state index contributed by atoms with van der Waals surface area (Å²) >= 11 is 0. The summed E-state index contributed by atoms with van der Waals surface area (Å²) in [4.78, 5) is 14.4. The molecule has 0 spiro atoms. The zero-order valence-electron chi connectivity index (χ0n) is 11.2. The number of benzene rings is 1. The summed E-state index contributed by atoms with van der Waals surface area (Å²) in [5.74, 6) is 0.588. The first-order valence-electron chi connectivity index (χ1n) is 6.70. The molecular formula is C15H22N2O. The molecule has 1 aromatic carbocycles. The lowest BCUT2D eigenvalue weighted by atomic mass is 9.91. The molecule has 18 heavy (non-hydrogen) atoms. The SMILES string of the molecule is Cc1ccccc1C(=O)N1CCC[C@@H]([C@H](C)N)C1. The highest BCUT2D eigenvalue weighted by Crippen LogP contribution is 2.21. The molecule has 0 aromatic heterocycles. The second-order valence-corrected chi connectivity index (χ2v) is 5.33. The Morgan fingerprint density at radius 2 is 2.17 bits per heavy atom. The molecule has 2 atom stereocenters. The fourth-order valence-corrected chi connectivity index (χ4v) is 2.61. The maximum absolute atomic E-state index is 12.5. The minimum Gasteiger partial charge on any atom is -0.338 e. The molecule has 0 radical (unpaired) electrons. The summed E-state index contributed by atoms with van der Waals surface area (Å²) < 4.78 is 0. The maximum atomic E-state index is 12.5. The smallest absolute Gasteiger partial charge is 0.254 e. The Bertz CT molecular complexity index is 428. The number of amides is 1. The van der Waals surface area contributed by atoms with Crippen molar-refractivity contribution in [1.29, 1.82) is 0 Å². The third-order valence-corrected chi connectivity index (χ3v) is 3.86. The molecule has 98 valence electrons. The Morgan fingerprint density at radius 1 is 1.44 bits per heavy atom. The molecule has 3 nitrogen and oxygen atoms in total. The molecule has 0 unspecified atom stereocenters. The van der Waals surface area contributed by atoms with Crippen LogP contribution in [-0.2, 0) is 0 Å². The summed E-state index contributed by atoms with van der Waals surface area (Å²) in [6, 6.07) is 7.95. The van der Waals surface area contributed by atoms with Gasteiger partial charge in [-0.3, -0.25) is 4.79 Å². The van der Waals surface area contributed by atoms with Crippen molar-refractivity contribution in [2.45, 2.75) is 32.7 Å². The first-order chi connectivity index (χ1) is 8.59. The molecular weight excluding hydrogens is 224 g/mol. The molecule has 2 N–H and O–H groups in total. The lowest BCUT2D eigenvalue weighted by Crippen LogP contribution is -2.45. The van der Waals surface area contributed by atoms with E-state index in [0.29, 0.717) is 5.92 Å². The van der Waals surface area contributed by atoms with Crippen LogP contribution >= 0.6 is 0 Å². The van der Waals surface area contributed by atoms with E-state index >= 15 is 0 Å². The number of aryl methyl sites for hydroxylation is 1. The van der Waals surface area contributed by atoms with Crippen LogP contribution in [0.5, 0.6) is 0 Å². The van der Waals surface area contributed by atoms with Gasteiger partial charge in [-0.15, -0.1) is 0 Å². The van der Waals surface area contributed by atoms with E-state index in [1.54, 1.807) is 0 Å². The van der Waals surface area contributed by atoms with Crippen molar-refractivity contribution in [1.82, 2.24) is 4.90 Å². The Labute approximate surface area is 109 Å². The predicted octanol–water partition coefficient (Wildman–Crippen LogP) is 2.19. The molecule has 2 rings (SSSR count). The summed E-state index contributed by atoms with van der Waals surface area (Å²) in [5.41, 5.74) is 7.83. The van der Waals surface area contributed by atoms with E-state index in [1.807, 2.05) is 43.0 Å². The first-order valence-corrected chi connectivity index (χ1v) is 6.70. The van der Waals surface area contributed by atoms with Gasteiger partial charge < -0.3 is 10.6 Å². The second-order valence-electron chi connectivity index (χ2n) is 5.33. The number of carbonyl (C=O) groups excluding carboxylic acids is 1. The van der Waals surface area contributed by atoms with Crippen LogP contribution in [0.15, 0.2) is 24.3 Å². The molecule has 0 bridgehead atoms. The standard InChI is InChI=1S/C15H22N2O/c1-11-6-3-4-8-14(11)15(18)17-9-5-7-13(10-17)12(2)16/h3-4,6,8,12-13H,5,7,9-10,16H2,1-2H3/t12-,13+/m0/s1. The molecule has 3 heteroatoms. The minimum atomic E-state index is 0.151. The van der Waals surface area contributed by atoms with Crippen LogP contribution in [-0.4, -0.2) is 29.9 Å². The van der Waals surface area contributed by atoms with Crippen LogP contribution in [0, 0.1) is 12.8 Å². The largest absolute Gasteiger partial charge is 0.338 e. The van der Waals surface area contributed by atoms with Crippen LogP contribution in [0.25, 0.3) is 0 Å². The lowest BCUT2D eigenvalue weighted by Gasteiger charge is -2.35. The van der Waals surface area contributed by atoms with E-state index in [4.69, 9.17) is 5.73 Å². The van der Waals surface area contributed by atoms with Crippen molar-refractivity contribution in [2.75, 3.05) is 13.1 Å². The normalized spacial score (nSPS) is 21.7. The number of piperidine rings is 1. The van der Waals surface area contributed by atoms with E-state index in [9.17, 15) is 4.79 Å². The second kappa shape index (κ2) is 5.53. The molecule has 1 fully saturated rings. The number of hydrogen-bond acceptors (Lipinski definition) is 2. The third-order valence-electron chi connectivity index (χ3n) is 3.86. The topological polar surface area (TPSA) is 46.3 Å². The molecule has 1 amide bonds. The average molecular weight is 246 g/mol. The van der Waals surface area contributed by atoms with E-state index in [-0.39, 0.29) is 11.9 Å². The highest BCUT2D eigenvalue weighted by atomic mass is 16.2. The van der Waals surface area contributed by atoms with Gasteiger partial charge in [0.15, 0.2) is 0 Å². The van der Waals surface area contributed by atoms with Gasteiger partial charge in [0.05, 0.1) is 0 Å². The van der Waals surface area contributed by atoms with Crippen molar-refractivity contribution in [2.24, 2.45) is 11.7 Å². The van der Waals surface area contributed by atoms with Gasteiger partial charge in [-0.2, -0.15) is 0 Å². The summed E-state index contributed by atoms with van der Waals surface area (Å²) in [6.07, 6.45) is 2.19. The van der Waals surface area contributed by atoms with Crippen LogP contribution in [0.2, 0.25) is 0 Å². The van der Waals surface area contributed by atoms with Gasteiger partial charge in [-0.05, 0) is 44.2 Å². The van der Waals surface area contributed by atoms with Crippen LogP contribution in [0.3, 0.4) is 0 Å². The average Bonchev–Trinajstić information content (AvgIpc) is 2.38. The zero-order valence-corrected chi connectivity index (χ0v) is 11.2. The van der Waals surface area contributed by atoms with Gasteiger partial charge in [-0.25, -0.2) is 0 Å². The van der Waals surface area contributed by atoms with Crippen LogP contribution < -0.4 is 5.73 Å². The number of nitrogens with two attached hydrogens (primary N) is 1. The fourth-order valence-electron chi connectivity index (χ4n) is 2.61. The summed E-state index contributed by atoms with van der Waals surface area (Å²) in [5, 5.41) is 0. The number of hydrogen-bond donors (Lipinski definition) is 1. The number of rotatable bonds is 2. The van der Waals surface area contributed by atoms with Gasteiger partial charge in [-0.1, -0.05) is 18.2 Å². The Kier molecular flexibility index (Phi) is 4.02. The molecule has 0 aliphatic carbocycles. The third kappa shape index (κ3) is 2.72. The lowest BCUT2D eigenvalue weighted by molar-refractivity contribution is 0.0660. The van der Waals surface area contributed by atoms with E-state index in [0.717, 1.165) is 37.1 Å². The predicted molar refractivity (Wildman–Crippen MR) is 73.5 cm³/mol. The quantitative estimate of drug-likeness (QED) is 0.869. The van der Waals surface area contributed by atoms with Crippen molar-refractivity contribution in [3.63, 3.8) is 0 Å². The van der Waals surface area contributed by atoms with E-state index in [1.165, 1.54) is 0 Å². The number of nitrogens with zero attached hydrogens (tertiary/aromatic N) is 1. The molecule has 1 aliphatic rings. The Hall–Kier alpha value is -1.35. The van der Waals surface area contributed by atoms with Gasteiger partial charge in [0.25, 0.3) is 5.91 Å². The monoisotopic (exact) mass is 246 g/mol. The van der Waals surface area contributed by atoms with Gasteiger partial charge in [0.2, 0.25) is 0 Å². The number of likely N-dealkylation sites (tertiary alicyclic amines) is 1. The molecule has 1 aromatic rings. The highest BCUT2D eigenvalue weighted by molar-refractivity contribution is 5.95. The Morgan fingerprint density at radius 3 is 2.83 bits per heavy atom. The van der Waals surface area contributed by atoms with Crippen LogP contribution in [0.4, 0.5) is 0 Å². The fraction of sp³-hybridized carbons (Fsp3) is 0.533. The first kappa shape index (κ1) is 13.1. The van der Waals surface area contributed by atoms with E-state index in [2.05, 4.69) is 0 Å². The number of carbonyl (C=O) groups is 1. The summed E-state index contributed by atoms with van der Waals surface area (Å²) in [7, 11) is 0. The van der Waals surface area contributed by atoms with Gasteiger partial charge in [0, 0.05) is 24.7 Å². The van der Waals surface area contributed by atoms with Crippen molar-refractivity contribution < 1.29 is 4.79 Å². The minimum absolute atomic E-state index is 0.151. The maximum Gasteiger partial charge on any atom is 0.254 e. The molecule has 1 saturated heterocycles. The van der Waals surface area contributed by atoms with Crippen molar-refractivity contribution in [3.05, 3.63) is 35.4 Å². The highest BCUT2D eigenvalue weighted by Gasteiger charge is 2.26. The Balaban J connectivity index is 2.12. The summed E-state index contributed by atoms with van der Waals surface area (Å²) in [6.45, 7) is 5.67. The molecule has 1 heterocycles. The van der Waals surface area contributed by atoms with Crippen molar-refractivity contribution in [3.8, 4) is 0 Å². The van der Waals surface area contributed by atoms with Crippen molar-refractivity contribution >= 4 is 5.91 Å². The molecule has 0 saturated carbocycles. The molecule has 1 aliphatic heterocycles. The van der Waals surface area contributed by atoms with Gasteiger partial charge in [0.1, 0.15) is 0 Å². The zero-order chi connectivity index (χ0) is 13.1. The van der Waals surface area contributed by atoms with Gasteiger partial charge >= 0.3 is 0 Å². The van der Waals surface area contributed by atoms with Crippen LogP contribution in [0.1, 0.15) is 35.7 Å².